The molecule has 0 unspecified atom stereocenters. The summed E-state index contributed by atoms with van der Waals surface area (Å²) in [7, 11) is 0. The molecule has 2 heterocycles. The van der Waals surface area contributed by atoms with Crippen molar-refractivity contribution in [2.75, 3.05) is 0 Å². The molecule has 102 valence electrons. The van der Waals surface area contributed by atoms with Gasteiger partial charge in [-0.1, -0.05) is 11.6 Å². The largest absolute Gasteiger partial charge is 0.280 e. The van der Waals surface area contributed by atoms with Crippen molar-refractivity contribution in [2.45, 2.75) is 12.8 Å². The zero-order chi connectivity index (χ0) is 14.3. The van der Waals surface area contributed by atoms with Crippen LogP contribution in [-0.4, -0.2) is 14.5 Å². The van der Waals surface area contributed by atoms with Gasteiger partial charge in [-0.2, -0.15) is 0 Å². The SMILES string of the molecule is Cc1cnc2c(c1)nc(CCl)n2-c1ccc(Cl)c(F)c1. The fourth-order valence-electron chi connectivity index (χ4n) is 2.10. The lowest BCUT2D eigenvalue weighted by atomic mass is 10.3. The molecule has 0 aliphatic carbocycles. The molecule has 0 atom stereocenters. The lowest BCUT2D eigenvalue weighted by Crippen LogP contribution is -2.01. The van der Waals surface area contributed by atoms with Crippen LogP contribution in [0.25, 0.3) is 16.9 Å². The number of pyridine rings is 1. The summed E-state index contributed by atoms with van der Waals surface area (Å²) in [4.78, 5) is 8.80. The number of halogens is 3. The van der Waals surface area contributed by atoms with Crippen LogP contribution in [0.1, 0.15) is 11.4 Å². The van der Waals surface area contributed by atoms with E-state index < -0.39 is 5.82 Å². The summed E-state index contributed by atoms with van der Waals surface area (Å²) in [6.07, 6.45) is 1.74. The van der Waals surface area contributed by atoms with Gasteiger partial charge in [-0.25, -0.2) is 14.4 Å². The van der Waals surface area contributed by atoms with Crippen LogP contribution in [0.2, 0.25) is 5.02 Å². The van der Waals surface area contributed by atoms with Crippen LogP contribution >= 0.6 is 23.2 Å². The molecule has 3 rings (SSSR count). The van der Waals surface area contributed by atoms with Crippen molar-refractivity contribution >= 4 is 34.4 Å². The molecule has 0 saturated carbocycles. The van der Waals surface area contributed by atoms with Crippen LogP contribution in [-0.2, 0) is 5.88 Å². The molecule has 0 spiro atoms. The van der Waals surface area contributed by atoms with Gasteiger partial charge in [-0.05, 0) is 36.8 Å². The average Bonchev–Trinajstić information content (AvgIpc) is 2.79. The van der Waals surface area contributed by atoms with Crippen molar-refractivity contribution in [3.63, 3.8) is 0 Å². The van der Waals surface area contributed by atoms with E-state index in [9.17, 15) is 4.39 Å². The number of alkyl halides is 1. The van der Waals surface area contributed by atoms with E-state index in [0.717, 1.165) is 11.1 Å². The molecule has 2 aromatic heterocycles. The highest BCUT2D eigenvalue weighted by Gasteiger charge is 2.14. The Kier molecular flexibility index (Phi) is 3.36. The Morgan fingerprint density at radius 3 is 2.80 bits per heavy atom. The first-order valence-electron chi connectivity index (χ1n) is 5.95. The van der Waals surface area contributed by atoms with Gasteiger partial charge in [-0.15, -0.1) is 11.6 Å². The van der Waals surface area contributed by atoms with E-state index in [4.69, 9.17) is 23.2 Å². The molecule has 6 heteroatoms. The maximum Gasteiger partial charge on any atom is 0.164 e. The van der Waals surface area contributed by atoms with E-state index in [1.54, 1.807) is 16.8 Å². The summed E-state index contributed by atoms with van der Waals surface area (Å²) in [5.41, 5.74) is 2.98. The standard InChI is InChI=1S/C14H10Cl2FN3/c1-8-4-12-14(18-7-8)20(13(6-15)19-12)9-2-3-10(16)11(17)5-9/h2-5,7H,6H2,1H3. The highest BCUT2D eigenvalue weighted by Crippen LogP contribution is 2.24. The van der Waals surface area contributed by atoms with Gasteiger partial charge in [-0.3, -0.25) is 4.57 Å². The number of rotatable bonds is 2. The van der Waals surface area contributed by atoms with Crippen LogP contribution in [0.5, 0.6) is 0 Å². The monoisotopic (exact) mass is 309 g/mol. The molecule has 0 aliphatic rings. The van der Waals surface area contributed by atoms with Crippen molar-refractivity contribution in [1.82, 2.24) is 14.5 Å². The maximum absolute atomic E-state index is 13.7. The van der Waals surface area contributed by atoms with Crippen molar-refractivity contribution < 1.29 is 4.39 Å². The van der Waals surface area contributed by atoms with E-state index in [0.29, 0.717) is 17.2 Å². The Morgan fingerprint density at radius 2 is 2.10 bits per heavy atom. The second-order valence-electron chi connectivity index (χ2n) is 4.45. The second-order valence-corrected chi connectivity index (χ2v) is 5.13. The minimum Gasteiger partial charge on any atom is -0.280 e. The molecular formula is C14H10Cl2FN3. The molecule has 0 amide bonds. The number of fused-ring (bicyclic) bond motifs is 1. The van der Waals surface area contributed by atoms with Gasteiger partial charge in [0.15, 0.2) is 5.65 Å². The minimum absolute atomic E-state index is 0.0781. The Hall–Kier alpha value is -1.65. The highest BCUT2D eigenvalue weighted by molar-refractivity contribution is 6.30. The Bertz CT molecular complexity index is 798. The van der Waals surface area contributed by atoms with Gasteiger partial charge in [0.1, 0.15) is 17.2 Å². The number of hydrogen-bond donors (Lipinski definition) is 0. The molecule has 0 bridgehead atoms. The number of benzene rings is 1. The minimum atomic E-state index is -0.487. The third-order valence-corrected chi connectivity index (χ3v) is 3.53. The van der Waals surface area contributed by atoms with Crippen molar-refractivity contribution in [1.29, 1.82) is 0 Å². The molecule has 0 N–H and O–H groups in total. The molecule has 0 radical (unpaired) electrons. The summed E-state index contributed by atoms with van der Waals surface area (Å²) in [6.45, 7) is 1.94. The smallest absolute Gasteiger partial charge is 0.164 e. The number of nitrogens with zero attached hydrogens (tertiary/aromatic N) is 3. The van der Waals surface area contributed by atoms with Gasteiger partial charge >= 0.3 is 0 Å². The summed E-state index contributed by atoms with van der Waals surface area (Å²) in [6, 6.07) is 6.48. The maximum atomic E-state index is 13.7. The van der Waals surface area contributed by atoms with Crippen LogP contribution in [0.3, 0.4) is 0 Å². The Morgan fingerprint density at radius 1 is 1.30 bits per heavy atom. The lowest BCUT2D eigenvalue weighted by molar-refractivity contribution is 0.627. The van der Waals surface area contributed by atoms with Gasteiger partial charge < -0.3 is 0 Å². The van der Waals surface area contributed by atoms with E-state index in [-0.39, 0.29) is 10.9 Å². The molecule has 0 fully saturated rings. The number of imidazole rings is 1. The quantitative estimate of drug-likeness (QED) is 0.662. The fraction of sp³-hybridized carbons (Fsp3) is 0.143. The average molecular weight is 310 g/mol. The predicted molar refractivity (Wildman–Crippen MR) is 78.1 cm³/mol. The summed E-state index contributed by atoms with van der Waals surface area (Å²) >= 11 is 11.6. The third-order valence-electron chi connectivity index (χ3n) is 2.98. The Labute approximate surface area is 125 Å². The van der Waals surface area contributed by atoms with Gasteiger partial charge in [0, 0.05) is 6.20 Å². The van der Waals surface area contributed by atoms with Gasteiger partial charge in [0.2, 0.25) is 0 Å². The third kappa shape index (κ3) is 2.15. The van der Waals surface area contributed by atoms with E-state index in [2.05, 4.69) is 9.97 Å². The molecule has 1 aromatic carbocycles. The second kappa shape index (κ2) is 5.04. The fourth-order valence-corrected chi connectivity index (χ4v) is 2.39. The zero-order valence-electron chi connectivity index (χ0n) is 10.6. The number of aromatic nitrogens is 3. The number of hydrogen-bond acceptors (Lipinski definition) is 2. The Balaban J connectivity index is 2.30. The van der Waals surface area contributed by atoms with Crippen molar-refractivity contribution in [3.8, 4) is 5.69 Å². The first-order chi connectivity index (χ1) is 9.60. The van der Waals surface area contributed by atoms with Crippen molar-refractivity contribution in [2.24, 2.45) is 0 Å². The topological polar surface area (TPSA) is 30.7 Å². The molecular weight excluding hydrogens is 300 g/mol. The molecule has 20 heavy (non-hydrogen) atoms. The predicted octanol–water partition coefficient (Wildman–Crippen LogP) is 4.26. The first-order valence-corrected chi connectivity index (χ1v) is 6.87. The van der Waals surface area contributed by atoms with Crippen LogP contribution in [0.4, 0.5) is 4.39 Å². The van der Waals surface area contributed by atoms with Crippen LogP contribution < -0.4 is 0 Å². The van der Waals surface area contributed by atoms with Gasteiger partial charge in [0.25, 0.3) is 0 Å². The highest BCUT2D eigenvalue weighted by atomic mass is 35.5. The molecule has 0 saturated heterocycles. The van der Waals surface area contributed by atoms with Crippen LogP contribution in [0, 0.1) is 12.7 Å². The van der Waals surface area contributed by atoms with E-state index in [1.807, 2.05) is 13.0 Å². The van der Waals surface area contributed by atoms with E-state index in [1.165, 1.54) is 12.1 Å². The summed E-state index contributed by atoms with van der Waals surface area (Å²) in [5.74, 6) is 0.333. The molecule has 3 nitrogen and oxygen atoms in total. The van der Waals surface area contributed by atoms with Crippen molar-refractivity contribution in [3.05, 3.63) is 52.7 Å². The van der Waals surface area contributed by atoms with Gasteiger partial charge in [0.05, 0.1) is 16.6 Å². The summed E-state index contributed by atoms with van der Waals surface area (Å²) in [5, 5.41) is 0.0781. The van der Waals surface area contributed by atoms with Crippen LogP contribution in [0.15, 0.2) is 30.5 Å². The molecule has 3 aromatic rings. The summed E-state index contributed by atoms with van der Waals surface area (Å²) < 4.78 is 15.4. The normalized spacial score (nSPS) is 11.2. The van der Waals surface area contributed by atoms with E-state index >= 15 is 0 Å². The number of aryl methyl sites for hydroxylation is 1. The first kappa shape index (κ1) is 13.3. The molecule has 0 aliphatic heterocycles. The lowest BCUT2D eigenvalue weighted by Gasteiger charge is -2.07. The zero-order valence-corrected chi connectivity index (χ0v) is 12.1.